The molecule has 6 heteroatoms. The molecule has 1 N–H and O–H groups in total. The Morgan fingerprint density at radius 3 is 2.88 bits per heavy atom. The summed E-state index contributed by atoms with van der Waals surface area (Å²) >= 11 is 1.53. The second-order valence-corrected chi connectivity index (χ2v) is 4.38. The number of nitro groups is 1. The van der Waals surface area contributed by atoms with Crippen molar-refractivity contribution >= 4 is 22.7 Å². The summed E-state index contributed by atoms with van der Waals surface area (Å²) in [5.41, 5.74) is 0.0753. The van der Waals surface area contributed by atoms with Crippen LogP contribution in [-0.2, 0) is 6.54 Å². The van der Waals surface area contributed by atoms with Gasteiger partial charge in [0.05, 0.1) is 4.92 Å². The fourth-order valence-electron chi connectivity index (χ4n) is 1.40. The van der Waals surface area contributed by atoms with Gasteiger partial charge in [-0.3, -0.25) is 10.1 Å². The summed E-state index contributed by atoms with van der Waals surface area (Å²) in [4.78, 5) is 11.2. The maximum absolute atomic E-state index is 13.0. The molecule has 0 amide bonds. The molecule has 1 heterocycles. The van der Waals surface area contributed by atoms with E-state index in [1.807, 2.05) is 17.5 Å². The first-order valence-electron chi connectivity index (χ1n) is 4.87. The van der Waals surface area contributed by atoms with Gasteiger partial charge in [0.1, 0.15) is 11.5 Å². The fraction of sp³-hybridized carbons (Fsp3) is 0.0909. The second-order valence-electron chi connectivity index (χ2n) is 3.35. The number of hydrogen-bond acceptors (Lipinski definition) is 4. The molecule has 0 spiro atoms. The van der Waals surface area contributed by atoms with Crippen LogP contribution in [0, 0.1) is 15.9 Å². The standard InChI is InChI=1S/C11H9FN2O2S/c12-8-3-4-11(14(15)16)10(6-8)13-7-9-2-1-5-17-9/h1-6,13H,7H2. The largest absolute Gasteiger partial charge is 0.375 e. The van der Waals surface area contributed by atoms with Crippen LogP contribution in [0.3, 0.4) is 0 Å². The SMILES string of the molecule is O=[N+]([O-])c1ccc(F)cc1NCc1cccs1. The van der Waals surface area contributed by atoms with Crippen LogP contribution in [0.1, 0.15) is 4.88 Å². The highest BCUT2D eigenvalue weighted by Crippen LogP contribution is 2.25. The van der Waals surface area contributed by atoms with E-state index in [1.165, 1.54) is 11.3 Å². The molecule has 2 rings (SSSR count). The van der Waals surface area contributed by atoms with Crippen molar-refractivity contribution in [1.29, 1.82) is 0 Å². The van der Waals surface area contributed by atoms with Crippen LogP contribution >= 0.6 is 11.3 Å². The number of nitro benzene ring substituents is 1. The van der Waals surface area contributed by atoms with E-state index in [1.54, 1.807) is 0 Å². The predicted octanol–water partition coefficient (Wildman–Crippen LogP) is 3.41. The lowest BCUT2D eigenvalue weighted by Gasteiger charge is -2.05. The van der Waals surface area contributed by atoms with E-state index in [0.29, 0.717) is 6.54 Å². The van der Waals surface area contributed by atoms with Gasteiger partial charge in [-0.15, -0.1) is 11.3 Å². The van der Waals surface area contributed by atoms with Crippen molar-refractivity contribution < 1.29 is 9.31 Å². The minimum absolute atomic E-state index is 0.122. The van der Waals surface area contributed by atoms with E-state index in [9.17, 15) is 14.5 Å². The molecule has 0 aliphatic carbocycles. The Morgan fingerprint density at radius 2 is 2.24 bits per heavy atom. The molecule has 0 aliphatic rings. The van der Waals surface area contributed by atoms with Crippen molar-refractivity contribution in [3.63, 3.8) is 0 Å². The number of rotatable bonds is 4. The van der Waals surface area contributed by atoms with E-state index in [0.717, 1.165) is 23.1 Å². The van der Waals surface area contributed by atoms with E-state index in [-0.39, 0.29) is 11.4 Å². The number of nitrogens with zero attached hydrogens (tertiary/aromatic N) is 1. The first-order valence-corrected chi connectivity index (χ1v) is 5.75. The zero-order valence-electron chi connectivity index (χ0n) is 8.72. The van der Waals surface area contributed by atoms with Crippen LogP contribution in [0.5, 0.6) is 0 Å². The summed E-state index contributed by atoms with van der Waals surface area (Å²) in [6, 6.07) is 7.16. The lowest BCUT2D eigenvalue weighted by Crippen LogP contribution is -2.01. The predicted molar refractivity (Wildman–Crippen MR) is 64.7 cm³/mol. The van der Waals surface area contributed by atoms with Crippen LogP contribution in [0.25, 0.3) is 0 Å². The Balaban J connectivity index is 2.19. The molecular weight excluding hydrogens is 243 g/mol. The Hall–Kier alpha value is -1.95. The number of benzene rings is 1. The quantitative estimate of drug-likeness (QED) is 0.670. The van der Waals surface area contributed by atoms with Gasteiger partial charge in [0.25, 0.3) is 5.69 Å². The third-order valence-corrected chi connectivity index (χ3v) is 3.06. The molecule has 0 atom stereocenters. The van der Waals surface area contributed by atoms with Crippen molar-refractivity contribution in [2.75, 3.05) is 5.32 Å². The third-order valence-electron chi connectivity index (χ3n) is 2.19. The van der Waals surface area contributed by atoms with E-state index in [2.05, 4.69) is 5.32 Å². The molecule has 1 aromatic carbocycles. The van der Waals surface area contributed by atoms with Gasteiger partial charge in [-0.2, -0.15) is 0 Å². The Kier molecular flexibility index (Phi) is 3.34. The molecule has 0 fully saturated rings. The molecule has 0 saturated heterocycles. The number of thiophene rings is 1. The zero-order valence-corrected chi connectivity index (χ0v) is 9.54. The molecule has 0 aliphatic heterocycles. The number of anilines is 1. The van der Waals surface area contributed by atoms with Gasteiger partial charge < -0.3 is 5.32 Å². The van der Waals surface area contributed by atoms with Gasteiger partial charge in [-0.25, -0.2) is 4.39 Å². The minimum Gasteiger partial charge on any atom is -0.375 e. The van der Waals surface area contributed by atoms with Crippen LogP contribution in [0.4, 0.5) is 15.8 Å². The van der Waals surface area contributed by atoms with Gasteiger partial charge in [0.15, 0.2) is 0 Å². The molecule has 0 radical (unpaired) electrons. The highest BCUT2D eigenvalue weighted by atomic mass is 32.1. The van der Waals surface area contributed by atoms with E-state index < -0.39 is 10.7 Å². The van der Waals surface area contributed by atoms with Crippen LogP contribution in [0.15, 0.2) is 35.7 Å². The molecule has 0 saturated carbocycles. The van der Waals surface area contributed by atoms with Gasteiger partial charge in [0.2, 0.25) is 0 Å². The number of hydrogen-bond donors (Lipinski definition) is 1. The van der Waals surface area contributed by atoms with Crippen LogP contribution in [-0.4, -0.2) is 4.92 Å². The van der Waals surface area contributed by atoms with Gasteiger partial charge in [-0.05, 0) is 17.5 Å². The van der Waals surface area contributed by atoms with Gasteiger partial charge in [0, 0.05) is 23.6 Å². The van der Waals surface area contributed by atoms with Crippen molar-refractivity contribution in [3.05, 3.63) is 56.5 Å². The van der Waals surface area contributed by atoms with Gasteiger partial charge in [-0.1, -0.05) is 6.07 Å². The van der Waals surface area contributed by atoms with Crippen LogP contribution in [0.2, 0.25) is 0 Å². The lowest BCUT2D eigenvalue weighted by molar-refractivity contribution is -0.384. The fourth-order valence-corrected chi connectivity index (χ4v) is 2.05. The van der Waals surface area contributed by atoms with Crippen LogP contribution < -0.4 is 5.32 Å². The summed E-state index contributed by atoms with van der Waals surface area (Å²) in [6.45, 7) is 0.446. The molecule has 17 heavy (non-hydrogen) atoms. The highest BCUT2D eigenvalue weighted by Gasteiger charge is 2.13. The molecule has 4 nitrogen and oxygen atoms in total. The van der Waals surface area contributed by atoms with E-state index >= 15 is 0 Å². The molecule has 0 unspecified atom stereocenters. The highest BCUT2D eigenvalue weighted by molar-refractivity contribution is 7.09. The van der Waals surface area contributed by atoms with Crippen molar-refractivity contribution in [3.8, 4) is 0 Å². The average Bonchev–Trinajstić information content (AvgIpc) is 2.78. The van der Waals surface area contributed by atoms with Crippen molar-refractivity contribution in [2.24, 2.45) is 0 Å². The lowest BCUT2D eigenvalue weighted by atomic mass is 10.2. The summed E-state index contributed by atoms with van der Waals surface area (Å²) in [5.74, 6) is -0.496. The zero-order chi connectivity index (χ0) is 12.3. The summed E-state index contributed by atoms with van der Waals surface area (Å²) in [6.07, 6.45) is 0. The molecule has 1 aromatic heterocycles. The van der Waals surface area contributed by atoms with Crippen molar-refractivity contribution in [2.45, 2.75) is 6.54 Å². The van der Waals surface area contributed by atoms with Gasteiger partial charge >= 0.3 is 0 Å². The molecular formula is C11H9FN2O2S. The average molecular weight is 252 g/mol. The maximum Gasteiger partial charge on any atom is 0.292 e. The first-order chi connectivity index (χ1) is 8.16. The second kappa shape index (κ2) is 4.92. The van der Waals surface area contributed by atoms with Crippen molar-refractivity contribution in [1.82, 2.24) is 0 Å². The maximum atomic E-state index is 13.0. The molecule has 2 aromatic rings. The normalized spacial score (nSPS) is 10.2. The topological polar surface area (TPSA) is 55.2 Å². The first kappa shape index (κ1) is 11.5. The molecule has 88 valence electrons. The minimum atomic E-state index is -0.532. The van der Waals surface area contributed by atoms with E-state index in [4.69, 9.17) is 0 Å². The number of halogens is 1. The third kappa shape index (κ3) is 2.79. The monoisotopic (exact) mass is 252 g/mol. The molecule has 0 bridgehead atoms. The number of nitrogens with one attached hydrogen (secondary N) is 1. The smallest absolute Gasteiger partial charge is 0.292 e. The summed E-state index contributed by atoms with van der Waals surface area (Å²) < 4.78 is 13.0. The summed E-state index contributed by atoms with van der Waals surface area (Å²) in [5, 5.41) is 15.5. The summed E-state index contributed by atoms with van der Waals surface area (Å²) in [7, 11) is 0. The Morgan fingerprint density at radius 1 is 1.41 bits per heavy atom. The Bertz CT molecular complexity index is 528. The Labute approximate surface area is 101 Å².